The molecule has 1 aliphatic rings. The highest BCUT2D eigenvalue weighted by Crippen LogP contribution is 2.36. The molecule has 0 bridgehead atoms. The zero-order valence-electron chi connectivity index (χ0n) is 12.5. The summed E-state index contributed by atoms with van der Waals surface area (Å²) < 4.78 is 15.7. The molecule has 2 aromatic rings. The molecule has 0 aliphatic carbocycles. The normalized spacial score (nSPS) is 13.1. The number of hydrogen-bond donors (Lipinski definition) is 0. The second-order valence-corrected chi connectivity index (χ2v) is 6.39. The van der Waals surface area contributed by atoms with Crippen LogP contribution >= 0.6 is 23.4 Å². The van der Waals surface area contributed by atoms with Gasteiger partial charge in [-0.2, -0.15) is 0 Å². The van der Waals surface area contributed by atoms with Crippen LogP contribution in [-0.4, -0.2) is 19.9 Å². The molecule has 6 heteroatoms. The summed E-state index contributed by atoms with van der Waals surface area (Å²) in [5.74, 6) is 1.12. The lowest BCUT2D eigenvalue weighted by Crippen LogP contribution is -2.13. The summed E-state index contributed by atoms with van der Waals surface area (Å²) in [6.45, 7) is 0.733. The molecule has 2 aromatic carbocycles. The van der Waals surface area contributed by atoms with E-state index >= 15 is 0 Å². The van der Waals surface area contributed by atoms with Gasteiger partial charge >= 0.3 is 5.97 Å². The van der Waals surface area contributed by atoms with Crippen molar-refractivity contribution in [3.8, 4) is 5.75 Å². The standard InChI is InChI=1S/C17H15ClO4S/c1-20-17(19)14-4-2-3-5-15(14)23-9-12-7-13(18)6-11-8-21-10-22-16(11)12/h2-7H,8-10H2,1H3. The summed E-state index contributed by atoms with van der Waals surface area (Å²) >= 11 is 7.72. The van der Waals surface area contributed by atoms with Gasteiger partial charge in [-0.1, -0.05) is 23.7 Å². The maximum atomic E-state index is 11.8. The van der Waals surface area contributed by atoms with E-state index in [2.05, 4.69) is 0 Å². The quantitative estimate of drug-likeness (QED) is 0.608. The molecular weight excluding hydrogens is 336 g/mol. The minimum atomic E-state index is -0.342. The largest absolute Gasteiger partial charge is 0.467 e. The molecular formula is C17H15ClO4S. The molecule has 1 heterocycles. The predicted molar refractivity (Wildman–Crippen MR) is 89.1 cm³/mol. The molecule has 3 rings (SSSR count). The van der Waals surface area contributed by atoms with Crippen LogP contribution in [-0.2, 0) is 21.8 Å². The smallest absolute Gasteiger partial charge is 0.338 e. The van der Waals surface area contributed by atoms with Gasteiger partial charge in [-0.05, 0) is 24.3 Å². The number of hydrogen-bond acceptors (Lipinski definition) is 5. The molecule has 0 saturated carbocycles. The van der Waals surface area contributed by atoms with Crippen LogP contribution in [0.4, 0.5) is 0 Å². The van der Waals surface area contributed by atoms with Crippen LogP contribution in [0.25, 0.3) is 0 Å². The van der Waals surface area contributed by atoms with Crippen molar-refractivity contribution in [2.24, 2.45) is 0 Å². The third-order valence-corrected chi connectivity index (χ3v) is 4.77. The Hall–Kier alpha value is -1.69. The van der Waals surface area contributed by atoms with Gasteiger partial charge in [0, 0.05) is 26.8 Å². The molecule has 0 fully saturated rings. The summed E-state index contributed by atoms with van der Waals surface area (Å²) in [4.78, 5) is 12.7. The number of rotatable bonds is 4. The monoisotopic (exact) mass is 350 g/mol. The van der Waals surface area contributed by atoms with Gasteiger partial charge in [0.2, 0.25) is 0 Å². The summed E-state index contributed by atoms with van der Waals surface area (Å²) in [5, 5.41) is 0.648. The molecule has 4 nitrogen and oxygen atoms in total. The zero-order chi connectivity index (χ0) is 16.2. The predicted octanol–water partition coefficient (Wildman–Crippen LogP) is 4.29. The number of thioether (sulfide) groups is 1. The van der Waals surface area contributed by atoms with Gasteiger partial charge in [-0.15, -0.1) is 11.8 Å². The molecule has 0 aromatic heterocycles. The van der Waals surface area contributed by atoms with E-state index < -0.39 is 0 Å². The minimum Gasteiger partial charge on any atom is -0.467 e. The molecule has 0 atom stereocenters. The van der Waals surface area contributed by atoms with E-state index in [9.17, 15) is 4.79 Å². The molecule has 0 radical (unpaired) electrons. The Morgan fingerprint density at radius 3 is 3.00 bits per heavy atom. The fourth-order valence-electron chi connectivity index (χ4n) is 2.39. The highest BCUT2D eigenvalue weighted by Gasteiger charge is 2.18. The maximum absolute atomic E-state index is 11.8. The van der Waals surface area contributed by atoms with E-state index in [4.69, 9.17) is 25.8 Å². The number of fused-ring (bicyclic) bond motifs is 1. The maximum Gasteiger partial charge on any atom is 0.338 e. The third kappa shape index (κ3) is 3.63. The second kappa shape index (κ2) is 7.25. The number of benzene rings is 2. The molecule has 0 saturated heterocycles. The van der Waals surface area contributed by atoms with Crippen LogP contribution in [0, 0.1) is 0 Å². The van der Waals surface area contributed by atoms with Crippen molar-refractivity contribution in [3.63, 3.8) is 0 Å². The van der Waals surface area contributed by atoms with Crippen molar-refractivity contribution in [2.45, 2.75) is 17.3 Å². The Morgan fingerprint density at radius 2 is 2.17 bits per heavy atom. The summed E-state index contributed by atoms with van der Waals surface area (Å²) in [6.07, 6.45) is 0. The molecule has 1 aliphatic heterocycles. The van der Waals surface area contributed by atoms with E-state index in [1.165, 1.54) is 7.11 Å². The highest BCUT2D eigenvalue weighted by molar-refractivity contribution is 7.98. The summed E-state index contributed by atoms with van der Waals surface area (Å²) in [5.41, 5.74) is 2.49. The van der Waals surface area contributed by atoms with Crippen LogP contribution in [0.15, 0.2) is 41.3 Å². The zero-order valence-corrected chi connectivity index (χ0v) is 14.1. The lowest BCUT2D eigenvalue weighted by atomic mass is 10.1. The Balaban J connectivity index is 1.85. The number of carbonyl (C=O) groups excluding carboxylic acids is 1. The highest BCUT2D eigenvalue weighted by atomic mass is 35.5. The van der Waals surface area contributed by atoms with Crippen molar-refractivity contribution in [1.29, 1.82) is 0 Å². The molecule has 0 N–H and O–H groups in total. The van der Waals surface area contributed by atoms with Crippen molar-refractivity contribution < 1.29 is 19.0 Å². The van der Waals surface area contributed by atoms with E-state index in [-0.39, 0.29) is 12.8 Å². The lowest BCUT2D eigenvalue weighted by Gasteiger charge is -2.21. The average Bonchev–Trinajstić information content (AvgIpc) is 2.59. The number of methoxy groups -OCH3 is 1. The Bertz CT molecular complexity index is 733. The molecule has 0 unspecified atom stereocenters. The first-order valence-corrected chi connectivity index (χ1v) is 8.37. The topological polar surface area (TPSA) is 44.8 Å². The molecule has 120 valence electrons. The van der Waals surface area contributed by atoms with E-state index in [1.54, 1.807) is 17.8 Å². The van der Waals surface area contributed by atoms with Crippen LogP contribution in [0.1, 0.15) is 21.5 Å². The van der Waals surface area contributed by atoms with E-state index in [1.807, 2.05) is 30.3 Å². The number of halogens is 1. The fourth-order valence-corrected chi connectivity index (χ4v) is 3.66. The fraction of sp³-hybridized carbons (Fsp3) is 0.235. The van der Waals surface area contributed by atoms with Crippen molar-refractivity contribution in [3.05, 3.63) is 58.1 Å². The molecule has 0 spiro atoms. The lowest BCUT2D eigenvalue weighted by molar-refractivity contribution is -0.0168. The van der Waals surface area contributed by atoms with Gasteiger partial charge in [-0.3, -0.25) is 0 Å². The summed E-state index contributed by atoms with van der Waals surface area (Å²) in [7, 11) is 1.38. The molecule has 0 amide bonds. The number of carbonyl (C=O) groups is 1. The van der Waals surface area contributed by atoms with Gasteiger partial charge in [0.1, 0.15) is 5.75 Å². The summed E-state index contributed by atoms with van der Waals surface area (Å²) in [6, 6.07) is 11.1. The van der Waals surface area contributed by atoms with Crippen LogP contribution in [0.3, 0.4) is 0 Å². The van der Waals surface area contributed by atoms with Gasteiger partial charge in [-0.25, -0.2) is 4.79 Å². The van der Waals surface area contributed by atoms with Crippen molar-refractivity contribution >= 4 is 29.3 Å². The van der Waals surface area contributed by atoms with Crippen molar-refractivity contribution in [2.75, 3.05) is 13.9 Å². The van der Waals surface area contributed by atoms with Gasteiger partial charge in [0.25, 0.3) is 0 Å². The van der Waals surface area contributed by atoms with Gasteiger partial charge in [0.15, 0.2) is 6.79 Å². The molecule has 23 heavy (non-hydrogen) atoms. The van der Waals surface area contributed by atoms with Gasteiger partial charge in [0.05, 0.1) is 19.3 Å². The Morgan fingerprint density at radius 1 is 1.35 bits per heavy atom. The van der Waals surface area contributed by atoms with Crippen LogP contribution in [0.2, 0.25) is 5.02 Å². The first-order valence-electron chi connectivity index (χ1n) is 7.01. The SMILES string of the molecule is COC(=O)c1ccccc1SCc1cc(Cl)cc2c1OCOC2. The first kappa shape index (κ1) is 16.2. The van der Waals surface area contributed by atoms with Crippen molar-refractivity contribution in [1.82, 2.24) is 0 Å². The van der Waals surface area contributed by atoms with Crippen LogP contribution < -0.4 is 4.74 Å². The first-order chi connectivity index (χ1) is 11.2. The number of ether oxygens (including phenoxy) is 3. The Labute approximate surface area is 143 Å². The van der Waals surface area contributed by atoms with Crippen LogP contribution in [0.5, 0.6) is 5.75 Å². The van der Waals surface area contributed by atoms with Gasteiger partial charge < -0.3 is 14.2 Å². The second-order valence-electron chi connectivity index (χ2n) is 4.94. The Kier molecular flexibility index (Phi) is 5.10. The number of esters is 1. The average molecular weight is 351 g/mol. The minimum absolute atomic E-state index is 0.241. The van der Waals surface area contributed by atoms with E-state index in [0.717, 1.165) is 21.8 Å². The van der Waals surface area contributed by atoms with E-state index in [0.29, 0.717) is 22.9 Å². The third-order valence-electron chi connectivity index (χ3n) is 3.43.